The van der Waals surface area contributed by atoms with Crippen LogP contribution in [0.3, 0.4) is 0 Å². The van der Waals surface area contributed by atoms with Gasteiger partial charge in [0, 0.05) is 16.7 Å². The van der Waals surface area contributed by atoms with Crippen LogP contribution in [-0.2, 0) is 0 Å². The lowest BCUT2D eigenvalue weighted by Gasteiger charge is -2.18. The van der Waals surface area contributed by atoms with E-state index < -0.39 is 0 Å². The smallest absolute Gasteiger partial charge is 0.0967 e. The van der Waals surface area contributed by atoms with E-state index >= 15 is 0 Å². The molecule has 0 bridgehead atoms. The number of halogens is 1. The highest BCUT2D eigenvalue weighted by atomic mass is 79.9. The van der Waals surface area contributed by atoms with Crippen LogP contribution in [0.15, 0.2) is 44.7 Å². The molecule has 5 heteroatoms. The minimum absolute atomic E-state index is 0.0973. The molecule has 2 rings (SSSR count). The van der Waals surface area contributed by atoms with E-state index in [-0.39, 0.29) is 11.3 Å². The highest BCUT2D eigenvalue weighted by Gasteiger charge is 2.18. The van der Waals surface area contributed by atoms with Gasteiger partial charge in [-0.25, -0.2) is 4.98 Å². The van der Waals surface area contributed by atoms with Crippen LogP contribution in [0, 0.1) is 0 Å². The number of nitrogens with zero attached hydrogens (tertiary/aromatic N) is 1. The first-order chi connectivity index (χ1) is 8.16. The van der Waals surface area contributed by atoms with Crippen molar-refractivity contribution in [3.63, 3.8) is 0 Å². The van der Waals surface area contributed by atoms with Gasteiger partial charge in [-0.3, -0.25) is 0 Å². The lowest BCUT2D eigenvalue weighted by molar-refractivity contribution is 0.722. The molecule has 0 amide bonds. The van der Waals surface area contributed by atoms with Gasteiger partial charge >= 0.3 is 0 Å². The minimum Gasteiger partial charge on any atom is -0.327 e. The Labute approximate surface area is 118 Å². The van der Waals surface area contributed by atoms with Crippen LogP contribution in [0.1, 0.15) is 17.7 Å². The quantitative estimate of drug-likeness (QED) is 0.859. The Morgan fingerprint density at radius 2 is 2.24 bits per heavy atom. The number of nitrogens with two attached hydrogens (primary N) is 1. The topological polar surface area (TPSA) is 38.9 Å². The van der Waals surface area contributed by atoms with Crippen LogP contribution in [0.25, 0.3) is 0 Å². The number of rotatable bonds is 4. The molecule has 2 heterocycles. The lowest BCUT2D eigenvalue weighted by atomic mass is 10.1. The summed E-state index contributed by atoms with van der Waals surface area (Å²) in [5.74, 6) is 0. The molecule has 2 nitrogen and oxygen atoms in total. The van der Waals surface area contributed by atoms with Gasteiger partial charge in [0.2, 0.25) is 0 Å². The molecule has 0 aliphatic rings. The zero-order valence-electron chi connectivity index (χ0n) is 9.34. The number of hydrogen-bond acceptors (Lipinski definition) is 4. The standard InChI is InChI=1S/C12H13BrN2S2/c1-8(14)12(9-4-5-16-7-9)17-11-3-2-10(13)6-15-11/h2-8,12H,14H2,1H3. The van der Waals surface area contributed by atoms with Crippen molar-refractivity contribution in [3.05, 3.63) is 45.2 Å². The summed E-state index contributed by atoms with van der Waals surface area (Å²) in [6.45, 7) is 2.04. The van der Waals surface area contributed by atoms with E-state index in [4.69, 9.17) is 5.73 Å². The number of hydrogen-bond donors (Lipinski definition) is 1. The maximum absolute atomic E-state index is 6.05. The van der Waals surface area contributed by atoms with Gasteiger partial charge in [0.15, 0.2) is 0 Å². The first-order valence-electron chi connectivity index (χ1n) is 5.22. The molecule has 0 aliphatic carbocycles. The first-order valence-corrected chi connectivity index (χ1v) is 7.84. The predicted molar refractivity (Wildman–Crippen MR) is 78.5 cm³/mol. The molecule has 0 saturated carbocycles. The molecule has 2 atom stereocenters. The van der Waals surface area contributed by atoms with E-state index in [1.54, 1.807) is 23.1 Å². The van der Waals surface area contributed by atoms with Gasteiger partial charge in [-0.15, -0.1) is 0 Å². The summed E-state index contributed by atoms with van der Waals surface area (Å²) in [4.78, 5) is 4.37. The van der Waals surface area contributed by atoms with E-state index in [1.165, 1.54) is 5.56 Å². The average Bonchev–Trinajstić information content (AvgIpc) is 2.81. The van der Waals surface area contributed by atoms with Crippen molar-refractivity contribution in [1.29, 1.82) is 0 Å². The fraction of sp³-hybridized carbons (Fsp3) is 0.250. The Morgan fingerprint density at radius 3 is 2.76 bits per heavy atom. The number of aromatic nitrogens is 1. The van der Waals surface area contributed by atoms with Crippen LogP contribution in [0.5, 0.6) is 0 Å². The fourth-order valence-electron chi connectivity index (χ4n) is 1.48. The molecule has 0 radical (unpaired) electrons. The SMILES string of the molecule is CC(N)C(Sc1ccc(Br)cn1)c1ccsc1. The minimum atomic E-state index is 0.0973. The van der Waals surface area contributed by atoms with Gasteiger partial charge in [0.1, 0.15) is 0 Å². The summed E-state index contributed by atoms with van der Waals surface area (Å²) < 4.78 is 0.995. The molecular weight excluding hydrogens is 316 g/mol. The van der Waals surface area contributed by atoms with Crippen molar-refractivity contribution in [2.45, 2.75) is 23.2 Å². The van der Waals surface area contributed by atoms with Crippen molar-refractivity contribution in [3.8, 4) is 0 Å². The second kappa shape index (κ2) is 6.00. The van der Waals surface area contributed by atoms with E-state index in [9.17, 15) is 0 Å². The van der Waals surface area contributed by atoms with Crippen molar-refractivity contribution in [2.24, 2.45) is 5.73 Å². The van der Waals surface area contributed by atoms with Crippen LogP contribution in [0.2, 0.25) is 0 Å². The molecule has 2 N–H and O–H groups in total. The van der Waals surface area contributed by atoms with Crippen LogP contribution >= 0.6 is 39.0 Å². The monoisotopic (exact) mass is 328 g/mol. The van der Waals surface area contributed by atoms with Crippen LogP contribution in [-0.4, -0.2) is 11.0 Å². The Balaban J connectivity index is 2.16. The van der Waals surface area contributed by atoms with Crippen molar-refractivity contribution >= 4 is 39.0 Å². The highest BCUT2D eigenvalue weighted by molar-refractivity contribution is 9.10. The molecule has 0 aliphatic heterocycles. The number of thiophene rings is 1. The molecule has 0 fully saturated rings. The second-order valence-corrected chi connectivity index (χ2v) is 6.63. The van der Waals surface area contributed by atoms with Crippen LogP contribution in [0.4, 0.5) is 0 Å². The lowest BCUT2D eigenvalue weighted by Crippen LogP contribution is -2.22. The van der Waals surface area contributed by atoms with E-state index in [0.717, 1.165) is 9.50 Å². The molecule has 0 spiro atoms. The summed E-state index contributed by atoms with van der Waals surface area (Å²) in [7, 11) is 0. The maximum Gasteiger partial charge on any atom is 0.0967 e. The van der Waals surface area contributed by atoms with E-state index in [1.807, 2.05) is 25.3 Å². The van der Waals surface area contributed by atoms with Gasteiger partial charge in [-0.2, -0.15) is 11.3 Å². The molecule has 2 aromatic rings. The largest absolute Gasteiger partial charge is 0.327 e. The van der Waals surface area contributed by atoms with Gasteiger partial charge in [0.05, 0.1) is 10.3 Å². The highest BCUT2D eigenvalue weighted by Crippen LogP contribution is 2.37. The third-order valence-electron chi connectivity index (χ3n) is 2.30. The molecule has 0 aromatic carbocycles. The Hall–Kier alpha value is -0.360. The third-order valence-corrected chi connectivity index (χ3v) is 4.91. The summed E-state index contributed by atoms with van der Waals surface area (Å²) in [6, 6.07) is 6.24. The van der Waals surface area contributed by atoms with Crippen molar-refractivity contribution < 1.29 is 0 Å². The molecule has 0 saturated heterocycles. The zero-order chi connectivity index (χ0) is 12.3. The number of pyridine rings is 1. The van der Waals surface area contributed by atoms with Gasteiger partial charge < -0.3 is 5.73 Å². The van der Waals surface area contributed by atoms with Gasteiger partial charge in [0.25, 0.3) is 0 Å². The van der Waals surface area contributed by atoms with Crippen LogP contribution < -0.4 is 5.73 Å². The number of thioether (sulfide) groups is 1. The third kappa shape index (κ3) is 3.55. The van der Waals surface area contributed by atoms with E-state index in [2.05, 4.69) is 37.7 Å². The maximum atomic E-state index is 6.05. The Kier molecular flexibility index (Phi) is 4.62. The molecule has 17 heavy (non-hydrogen) atoms. The summed E-state index contributed by atoms with van der Waals surface area (Å²) in [6.07, 6.45) is 1.81. The van der Waals surface area contributed by atoms with Crippen molar-refractivity contribution in [2.75, 3.05) is 0 Å². The predicted octanol–water partition coefficient (Wildman–Crippen LogP) is 4.09. The zero-order valence-corrected chi connectivity index (χ0v) is 12.6. The molecule has 90 valence electrons. The fourth-order valence-corrected chi connectivity index (χ4v) is 3.51. The average molecular weight is 329 g/mol. The Morgan fingerprint density at radius 1 is 1.41 bits per heavy atom. The van der Waals surface area contributed by atoms with Gasteiger partial charge in [-0.1, -0.05) is 11.8 Å². The molecule has 2 aromatic heterocycles. The van der Waals surface area contributed by atoms with E-state index in [0.29, 0.717) is 0 Å². The second-order valence-electron chi connectivity index (χ2n) is 3.77. The molecule has 2 unspecified atom stereocenters. The first kappa shape index (κ1) is 13.1. The summed E-state index contributed by atoms with van der Waals surface area (Å²) in [5, 5.41) is 5.50. The Bertz CT molecular complexity index is 454. The van der Waals surface area contributed by atoms with Gasteiger partial charge in [-0.05, 0) is 57.4 Å². The summed E-state index contributed by atoms with van der Waals surface area (Å²) in [5.41, 5.74) is 7.33. The normalized spacial score (nSPS) is 14.5. The van der Waals surface area contributed by atoms with Crippen molar-refractivity contribution in [1.82, 2.24) is 4.98 Å². The summed E-state index contributed by atoms with van der Waals surface area (Å²) >= 11 is 6.80. The molecular formula is C12H13BrN2S2.